The number of fused-ring (bicyclic) bond motifs is 13. The fourth-order valence-electron chi connectivity index (χ4n) is 19.1. The van der Waals surface area contributed by atoms with Crippen LogP contribution in [0.2, 0.25) is 20.1 Å². The Morgan fingerprint density at radius 3 is 1.07 bits per heavy atom. The van der Waals surface area contributed by atoms with Gasteiger partial charge in [0, 0.05) is 94.3 Å². The van der Waals surface area contributed by atoms with Crippen LogP contribution in [0, 0.1) is 0 Å². The number of hydrogen-bond acceptors (Lipinski definition) is 7. The van der Waals surface area contributed by atoms with Crippen LogP contribution in [0.5, 0.6) is 0 Å². The number of hydrogen-bond donors (Lipinski definition) is 3. The highest BCUT2D eigenvalue weighted by Gasteiger charge is 2.33. The minimum atomic E-state index is -0.533. The van der Waals surface area contributed by atoms with Gasteiger partial charge in [-0.3, -0.25) is 42.5 Å². The van der Waals surface area contributed by atoms with E-state index in [0.717, 1.165) is 180 Å². The topological polar surface area (TPSA) is 177 Å². The van der Waals surface area contributed by atoms with Crippen LogP contribution in [-0.4, -0.2) is 33.6 Å². The lowest BCUT2D eigenvalue weighted by Crippen LogP contribution is -2.37. The second-order valence-corrected chi connectivity index (χ2v) is 33.4. The maximum atomic E-state index is 16.1. The molecule has 1 aliphatic rings. The molecule has 0 aliphatic carbocycles. The number of pyridine rings is 2. The van der Waals surface area contributed by atoms with Crippen molar-refractivity contribution in [2.75, 3.05) is 0 Å². The van der Waals surface area contributed by atoms with Crippen molar-refractivity contribution in [1.82, 2.24) is 33.6 Å². The summed E-state index contributed by atoms with van der Waals surface area (Å²) in [5, 5.41) is 9.48. The second kappa shape index (κ2) is 31.2. The number of nitrogens with one attached hydrogen (secondary N) is 3. The van der Waals surface area contributed by atoms with Gasteiger partial charge in [-0.1, -0.05) is 250 Å². The van der Waals surface area contributed by atoms with Crippen molar-refractivity contribution in [2.24, 2.45) is 0 Å². The van der Waals surface area contributed by atoms with Gasteiger partial charge >= 0.3 is 0 Å². The van der Waals surface area contributed by atoms with E-state index in [1.807, 2.05) is 133 Å². The minimum Gasteiger partial charge on any atom is -0.354 e. The summed E-state index contributed by atoms with van der Waals surface area (Å²) in [6.45, 7) is 8.60. The molecule has 18 rings (SSSR count). The molecule has 0 radical (unpaired) electrons. The molecule has 115 heavy (non-hydrogen) atoms. The normalized spacial score (nSPS) is 12.5. The predicted molar refractivity (Wildman–Crippen MR) is 483 cm³/mol. The van der Waals surface area contributed by atoms with Crippen LogP contribution >= 0.6 is 46.4 Å². The van der Waals surface area contributed by atoms with Crippen molar-refractivity contribution in [3.63, 3.8) is 0 Å². The Hall–Kier alpha value is -10.7. The van der Waals surface area contributed by atoms with Crippen LogP contribution in [0.1, 0.15) is 185 Å². The predicted octanol–water partition coefficient (Wildman–Crippen LogP) is 26.0. The Kier molecular flexibility index (Phi) is 20.5. The zero-order chi connectivity index (χ0) is 79.2. The molecule has 0 saturated heterocycles. The summed E-state index contributed by atoms with van der Waals surface area (Å²) in [7, 11) is 0. The van der Waals surface area contributed by atoms with Gasteiger partial charge in [-0.05, 0) is 188 Å². The first kappa shape index (κ1) is 75.7. The van der Waals surface area contributed by atoms with Crippen molar-refractivity contribution >= 4 is 178 Å². The first-order valence-electron chi connectivity index (χ1n) is 41.2. The van der Waals surface area contributed by atoms with E-state index in [1.165, 1.54) is 13.7 Å². The van der Waals surface area contributed by atoms with Crippen LogP contribution in [0.3, 0.4) is 0 Å². The fraction of sp³-hybridized carbons (Fsp3) is 0.276. The molecule has 13 nitrogen and oxygen atoms in total. The molecule has 1 aliphatic heterocycles. The second-order valence-electron chi connectivity index (χ2n) is 31.8. The quantitative estimate of drug-likeness (QED) is 0.0248. The SMILES string of the molecule is CCCCCCC(CCCCCC)n1c(=O)c2ccc3c4ccc5c(=O)n(C(CCCCCC)CCCCCC)c(=O)c6cc7c8c(=O)n(Cc9ccc(-c%10ccc(-c%11c%12nc(c(-c%13c(Cl)cccc%13Cl)c%13ccc([nH]%13)c%13ccc([nH]%13)c(-c%13c(Cl)cccc%13Cl)c%13ccc%11[nH]%13)C=C%12)cc%10)cc9)c(=O)c8c8cc(c1=O)c2c3c8c7c4c56. The average Bonchev–Trinajstić information content (AvgIpc) is 1.64. The van der Waals surface area contributed by atoms with Crippen LogP contribution in [0.25, 0.3) is 176 Å². The van der Waals surface area contributed by atoms with Crippen LogP contribution in [-0.2, 0) is 6.54 Å². The monoisotopic (exact) mass is 1600 g/mol. The lowest BCUT2D eigenvalue weighted by Gasteiger charge is -2.24. The highest BCUT2D eigenvalue weighted by atomic mass is 35.5. The molecule has 7 aromatic heterocycles. The average molecular weight is 1600 g/mol. The molecular weight excluding hydrogens is 1510 g/mol. The third kappa shape index (κ3) is 12.9. The van der Waals surface area contributed by atoms with Gasteiger partial charge in [-0.25, -0.2) is 4.98 Å². The van der Waals surface area contributed by atoms with Crippen molar-refractivity contribution in [3.05, 3.63) is 257 Å². The molecule has 17 heteroatoms. The number of rotatable bonds is 28. The molecule has 3 N–H and O–H groups in total. The van der Waals surface area contributed by atoms with E-state index in [9.17, 15) is 0 Å². The molecule has 0 atom stereocenters. The number of nitrogens with zero attached hydrogens (tertiary/aromatic N) is 4. The molecular formula is C98H87Cl4N7O6. The summed E-state index contributed by atoms with van der Waals surface area (Å²) in [6, 6.07) is 49.7. The highest BCUT2D eigenvalue weighted by Crippen LogP contribution is 2.51. The third-order valence-electron chi connectivity index (χ3n) is 24.7. The molecule has 0 fully saturated rings. The summed E-state index contributed by atoms with van der Waals surface area (Å²) in [5.41, 5.74) is 10.4. The summed E-state index contributed by atoms with van der Waals surface area (Å²) in [4.78, 5) is 111. The summed E-state index contributed by atoms with van der Waals surface area (Å²) in [5.74, 6) is 0. The van der Waals surface area contributed by atoms with Gasteiger partial charge in [0.25, 0.3) is 33.4 Å². The molecule has 0 unspecified atom stereocenters. The molecule has 0 spiro atoms. The van der Waals surface area contributed by atoms with E-state index >= 15 is 28.8 Å². The van der Waals surface area contributed by atoms with Gasteiger partial charge in [0.15, 0.2) is 0 Å². The smallest absolute Gasteiger partial charge is 0.262 e. The molecule has 578 valence electrons. The molecule has 0 amide bonds. The zero-order valence-electron chi connectivity index (χ0n) is 64.9. The van der Waals surface area contributed by atoms with Crippen molar-refractivity contribution < 1.29 is 0 Å². The lowest BCUT2D eigenvalue weighted by molar-refractivity contribution is 0.384. The number of benzene rings is 10. The zero-order valence-corrected chi connectivity index (χ0v) is 67.9. The maximum absolute atomic E-state index is 16.1. The summed E-state index contributed by atoms with van der Waals surface area (Å²) in [6.07, 6.45) is 22.5. The fourth-order valence-corrected chi connectivity index (χ4v) is 20.2. The Bertz CT molecular complexity index is 6940. The number of halogens is 4. The number of unbranched alkanes of at least 4 members (excludes halogenated alkanes) is 12. The Morgan fingerprint density at radius 1 is 0.304 bits per heavy atom. The summed E-state index contributed by atoms with van der Waals surface area (Å²) < 4.78 is 4.32. The highest BCUT2D eigenvalue weighted by molar-refractivity contribution is 6.49. The molecule has 8 heterocycles. The van der Waals surface area contributed by atoms with Gasteiger partial charge in [-0.2, -0.15) is 0 Å². The van der Waals surface area contributed by atoms with Crippen LogP contribution in [0.15, 0.2) is 186 Å². The molecule has 0 saturated carbocycles. The van der Waals surface area contributed by atoms with Gasteiger partial charge in [0.2, 0.25) is 0 Å². The van der Waals surface area contributed by atoms with E-state index < -0.39 is 22.2 Å². The van der Waals surface area contributed by atoms with Gasteiger partial charge in [-0.15, -0.1) is 0 Å². The standard InChI is InChI=1S/C98H87Cl4N7O6/c1-5-9-13-17-23-58(24-18-14-10-6-2)108-93(110)62-41-39-60-61-40-42-63-82-67(96(113)109(94(63)111)59(25-19-15-11-7-3)26-20-16-12-8-4)52-65-86(84(61)82)85-64(51-66(95(108)112)81(62)83(60)85)87-88(65)98(115)107(97(87)114)53-54-31-33-55(34-32-54)56-35-37-57(38-36-56)80-74-47-49-78(105-74)91(89-68(99)27-21-28-69(89)100)76-45-43-72(103-76)73-44-46-77(104-73)92(79-50-48-75(80)106-79)90-70(101)29-22-30-71(90)102/h21-22,27-52,58-59,103-105H,5-20,23-26,53H2,1-4H3. The van der Waals surface area contributed by atoms with Crippen LogP contribution in [0.4, 0.5) is 0 Å². The largest absolute Gasteiger partial charge is 0.354 e. The number of aromatic amines is 3. The summed E-state index contributed by atoms with van der Waals surface area (Å²) >= 11 is 28.3. The first-order valence-corrected chi connectivity index (χ1v) is 42.7. The first-order chi connectivity index (χ1) is 56.1. The van der Waals surface area contributed by atoms with E-state index in [4.69, 9.17) is 51.4 Å². The van der Waals surface area contributed by atoms with Crippen molar-refractivity contribution in [1.29, 1.82) is 0 Å². The van der Waals surface area contributed by atoms with Gasteiger partial charge < -0.3 is 15.0 Å². The van der Waals surface area contributed by atoms with Gasteiger partial charge in [0.05, 0.1) is 59.8 Å². The number of H-pyrrole nitrogens is 3. The Morgan fingerprint density at radius 2 is 0.643 bits per heavy atom. The molecule has 10 aromatic carbocycles. The van der Waals surface area contributed by atoms with Crippen LogP contribution < -0.4 is 33.4 Å². The maximum Gasteiger partial charge on any atom is 0.262 e. The van der Waals surface area contributed by atoms with E-state index in [-0.39, 0.29) is 40.5 Å². The Balaban J connectivity index is 0.795. The molecule has 8 bridgehead atoms. The molecule has 17 aromatic rings. The van der Waals surface area contributed by atoms with Crippen molar-refractivity contribution in [2.45, 2.75) is 175 Å². The third-order valence-corrected chi connectivity index (χ3v) is 26.0. The van der Waals surface area contributed by atoms with E-state index in [0.29, 0.717) is 138 Å². The van der Waals surface area contributed by atoms with E-state index in [1.54, 1.807) is 12.1 Å². The van der Waals surface area contributed by atoms with Gasteiger partial charge in [0.1, 0.15) is 0 Å². The minimum absolute atomic E-state index is 0.0943. The lowest BCUT2D eigenvalue weighted by atomic mass is 9.81. The Labute approximate surface area is 682 Å². The van der Waals surface area contributed by atoms with Crippen molar-refractivity contribution in [3.8, 4) is 44.5 Å². The number of aromatic nitrogens is 7. The van der Waals surface area contributed by atoms with E-state index in [2.05, 4.69) is 66.9 Å².